The van der Waals surface area contributed by atoms with Crippen LogP contribution in [0.5, 0.6) is 0 Å². The first kappa shape index (κ1) is 34.8. The van der Waals surface area contributed by atoms with E-state index in [0.717, 1.165) is 47.0 Å². The molecule has 2 aliphatic rings. The Morgan fingerprint density at radius 3 is 1.17 bits per heavy atom. The predicted octanol–water partition coefficient (Wildman–Crippen LogP) is 15.2. The van der Waals surface area contributed by atoms with Crippen molar-refractivity contribution in [2.45, 2.75) is 18.3 Å². The molecule has 0 bridgehead atoms. The van der Waals surface area contributed by atoms with Crippen LogP contribution in [0.3, 0.4) is 0 Å². The molecule has 9 aromatic rings. The summed E-state index contributed by atoms with van der Waals surface area (Å²) in [6, 6.07) is 84.4. The topological polar surface area (TPSA) is 6.48 Å². The van der Waals surface area contributed by atoms with Gasteiger partial charge in [0.05, 0.1) is 0 Å². The van der Waals surface area contributed by atoms with E-state index < -0.39 is 0 Å². The third-order valence-corrected chi connectivity index (χ3v) is 12.4. The highest BCUT2D eigenvalue weighted by atomic mass is 15.1. The largest absolute Gasteiger partial charge is 0.310 e. The first-order valence-electron chi connectivity index (χ1n) is 20.6. The van der Waals surface area contributed by atoms with Gasteiger partial charge in [0.2, 0.25) is 0 Å². The minimum absolute atomic E-state index is 0.296. The molecule has 0 aromatic heterocycles. The molecule has 0 radical (unpaired) electrons. The van der Waals surface area contributed by atoms with Crippen molar-refractivity contribution in [3.05, 3.63) is 253 Å². The molecule has 0 saturated heterocycles. The highest BCUT2D eigenvalue weighted by Gasteiger charge is 2.49. The van der Waals surface area contributed by atoms with Gasteiger partial charge in [-0.3, -0.25) is 0 Å². The molecule has 59 heavy (non-hydrogen) atoms. The summed E-state index contributed by atoms with van der Waals surface area (Å²) in [6.45, 7) is 0. The number of fused-ring (bicyclic) bond motifs is 7. The molecule has 280 valence electrons. The number of anilines is 6. The lowest BCUT2D eigenvalue weighted by atomic mass is 9.73. The smallest absolute Gasteiger partial charge is 0.0471 e. The van der Waals surface area contributed by atoms with Crippen molar-refractivity contribution in [3.8, 4) is 33.4 Å². The predicted molar refractivity (Wildman–Crippen MR) is 247 cm³/mol. The number of hydrogen-bond donors (Lipinski definition) is 0. The van der Waals surface area contributed by atoms with Gasteiger partial charge >= 0.3 is 0 Å². The van der Waals surface area contributed by atoms with Crippen LogP contribution in [0.25, 0.3) is 33.4 Å². The van der Waals surface area contributed by atoms with Crippen molar-refractivity contribution in [1.29, 1.82) is 0 Å². The molecule has 0 amide bonds. The molecule has 0 N–H and O–H groups in total. The van der Waals surface area contributed by atoms with E-state index in [4.69, 9.17) is 0 Å². The van der Waals surface area contributed by atoms with Crippen molar-refractivity contribution >= 4 is 34.1 Å². The van der Waals surface area contributed by atoms with Crippen molar-refractivity contribution in [1.82, 2.24) is 0 Å². The van der Waals surface area contributed by atoms with Crippen LogP contribution in [0, 0.1) is 0 Å². The van der Waals surface area contributed by atoms with Gasteiger partial charge in [0, 0.05) is 39.5 Å². The molecular weight excluding hydrogens is 713 g/mol. The molecule has 2 nitrogen and oxygen atoms in total. The summed E-state index contributed by atoms with van der Waals surface area (Å²) in [5.41, 5.74) is 19.6. The van der Waals surface area contributed by atoms with E-state index >= 15 is 0 Å². The van der Waals surface area contributed by atoms with Gasteiger partial charge in [-0.25, -0.2) is 0 Å². The van der Waals surface area contributed by atoms with Gasteiger partial charge < -0.3 is 9.80 Å². The van der Waals surface area contributed by atoms with Gasteiger partial charge in [-0.1, -0.05) is 158 Å². The molecule has 0 unspecified atom stereocenters. The van der Waals surface area contributed by atoms with Gasteiger partial charge in [-0.15, -0.1) is 0 Å². The van der Waals surface area contributed by atoms with Crippen molar-refractivity contribution < 1.29 is 0 Å². The number of nitrogens with zero attached hydrogens (tertiary/aromatic N) is 2. The molecular formula is C57H42N2. The quantitative estimate of drug-likeness (QED) is 0.152. The third-order valence-electron chi connectivity index (χ3n) is 12.4. The van der Waals surface area contributed by atoms with Crippen LogP contribution < -0.4 is 9.80 Å². The molecule has 2 heteroatoms. The summed E-state index contributed by atoms with van der Waals surface area (Å²) in [5.74, 6) is 0. The molecule has 9 aromatic carbocycles. The fraction of sp³-hybridized carbons (Fsp3) is 0.0526. The maximum Gasteiger partial charge on any atom is 0.0471 e. The summed E-state index contributed by atoms with van der Waals surface area (Å²) in [4.78, 5) is 4.85. The Hall–Kier alpha value is -7.42. The fourth-order valence-electron chi connectivity index (χ4n) is 9.79. The minimum Gasteiger partial charge on any atom is -0.310 e. The zero-order chi connectivity index (χ0) is 39.2. The summed E-state index contributed by atoms with van der Waals surface area (Å²) >= 11 is 0. The second kappa shape index (κ2) is 14.5. The Bertz CT molecular complexity index is 2760. The molecule has 0 aliphatic heterocycles. The molecule has 11 rings (SSSR count). The Labute approximate surface area is 346 Å². The van der Waals surface area contributed by atoms with Gasteiger partial charge in [0.1, 0.15) is 0 Å². The lowest BCUT2D eigenvalue weighted by Gasteiger charge is -2.32. The number of para-hydroxylation sites is 2. The Kier molecular flexibility index (Phi) is 8.56. The minimum atomic E-state index is -0.296. The maximum absolute atomic E-state index is 2.50. The van der Waals surface area contributed by atoms with Gasteiger partial charge in [0.15, 0.2) is 0 Å². The van der Waals surface area contributed by atoms with E-state index in [2.05, 4.69) is 240 Å². The zero-order valence-electron chi connectivity index (χ0n) is 32.7. The van der Waals surface area contributed by atoms with Gasteiger partial charge in [-0.05, 0) is 141 Å². The standard InChI is InChI=1S/C57H42N2/c1-5-17-41(18-6-1)44-22-15-28-48(37-44)58(46-24-9-3-10-25-46)50-31-33-52-53-34-32-51(40-56(53)57(55(52)39-50)36-35-43-21-13-14-30-54(43)57)59(47-26-11-4-12-27-47)49-29-16-23-45(38-49)42-19-7-2-8-20-42/h1-34,37-40H,35-36H2. The highest BCUT2D eigenvalue weighted by Crippen LogP contribution is 2.60. The van der Waals surface area contributed by atoms with Crippen LogP contribution in [-0.2, 0) is 11.8 Å². The average molecular weight is 755 g/mol. The fourth-order valence-corrected chi connectivity index (χ4v) is 9.79. The van der Waals surface area contributed by atoms with E-state index in [1.54, 1.807) is 0 Å². The van der Waals surface area contributed by atoms with Crippen molar-refractivity contribution in [2.24, 2.45) is 0 Å². The van der Waals surface area contributed by atoms with Crippen molar-refractivity contribution in [3.63, 3.8) is 0 Å². The SMILES string of the molecule is c1ccc(-c2cccc(N(c3ccccc3)c3ccc4c(c3)C3(CCc5ccccc53)c3cc(N(c5ccccc5)c5cccc(-c6ccccc6)c5)ccc3-4)c2)cc1. The van der Waals surface area contributed by atoms with Crippen LogP contribution in [0.1, 0.15) is 28.7 Å². The first-order chi connectivity index (χ1) is 29.2. The van der Waals surface area contributed by atoms with Gasteiger partial charge in [-0.2, -0.15) is 0 Å². The number of benzene rings is 9. The van der Waals surface area contributed by atoms with Gasteiger partial charge in [0.25, 0.3) is 0 Å². The van der Waals surface area contributed by atoms with Crippen LogP contribution in [0.2, 0.25) is 0 Å². The lowest BCUT2D eigenvalue weighted by molar-refractivity contribution is 0.626. The molecule has 0 heterocycles. The number of hydrogen-bond acceptors (Lipinski definition) is 2. The third kappa shape index (κ3) is 5.96. The van der Waals surface area contributed by atoms with E-state index in [0.29, 0.717) is 0 Å². The molecule has 1 spiro atoms. The summed E-state index contributed by atoms with van der Waals surface area (Å²) < 4.78 is 0. The van der Waals surface area contributed by atoms with Crippen molar-refractivity contribution in [2.75, 3.05) is 9.80 Å². The summed E-state index contributed by atoms with van der Waals surface area (Å²) in [7, 11) is 0. The molecule has 0 fully saturated rings. The zero-order valence-corrected chi connectivity index (χ0v) is 32.7. The Balaban J connectivity index is 1.09. The average Bonchev–Trinajstić information content (AvgIpc) is 3.84. The molecule has 0 atom stereocenters. The second-order valence-electron chi connectivity index (χ2n) is 15.7. The molecule has 0 saturated carbocycles. The van der Waals surface area contributed by atoms with Crippen LogP contribution in [-0.4, -0.2) is 0 Å². The highest BCUT2D eigenvalue weighted by molar-refractivity contribution is 5.91. The van der Waals surface area contributed by atoms with E-state index in [9.17, 15) is 0 Å². The Morgan fingerprint density at radius 2 is 0.678 bits per heavy atom. The maximum atomic E-state index is 2.50. The lowest BCUT2D eigenvalue weighted by Crippen LogP contribution is -2.24. The first-order valence-corrected chi connectivity index (χ1v) is 20.6. The van der Waals surface area contributed by atoms with Crippen LogP contribution in [0.15, 0.2) is 231 Å². The Morgan fingerprint density at radius 1 is 0.288 bits per heavy atom. The number of aryl methyl sites for hydroxylation is 1. The second-order valence-corrected chi connectivity index (χ2v) is 15.7. The monoisotopic (exact) mass is 754 g/mol. The van der Waals surface area contributed by atoms with Crippen LogP contribution in [0.4, 0.5) is 34.1 Å². The van der Waals surface area contributed by atoms with Crippen LogP contribution >= 0.6 is 0 Å². The normalized spacial score (nSPS) is 13.1. The van der Waals surface area contributed by atoms with E-state index in [1.807, 2.05) is 0 Å². The number of rotatable bonds is 8. The van der Waals surface area contributed by atoms with E-state index in [-0.39, 0.29) is 5.41 Å². The summed E-state index contributed by atoms with van der Waals surface area (Å²) in [6.07, 6.45) is 2.05. The molecule has 2 aliphatic carbocycles. The van der Waals surface area contributed by atoms with E-state index in [1.165, 1.54) is 55.6 Å². The summed E-state index contributed by atoms with van der Waals surface area (Å²) in [5, 5.41) is 0.